The number of rotatable bonds is 3. The van der Waals surface area contributed by atoms with Gasteiger partial charge in [0.05, 0.1) is 18.5 Å². The molecule has 0 aliphatic carbocycles. The summed E-state index contributed by atoms with van der Waals surface area (Å²) in [6.45, 7) is 1.69. The average molecular weight is 335 g/mol. The lowest BCUT2D eigenvalue weighted by atomic mass is 10.0. The Hall–Kier alpha value is -2.47. The molecule has 0 spiro atoms. The number of fused-ring (bicyclic) bond motifs is 1. The van der Waals surface area contributed by atoms with E-state index in [1.807, 2.05) is 0 Å². The molecule has 1 aliphatic rings. The second-order valence-corrected chi connectivity index (χ2v) is 5.91. The summed E-state index contributed by atoms with van der Waals surface area (Å²) in [7, 11) is 1.59. The Kier molecular flexibility index (Phi) is 3.77. The predicted octanol–water partition coefficient (Wildman–Crippen LogP) is 2.68. The Morgan fingerprint density at radius 1 is 1.39 bits per heavy atom. The summed E-state index contributed by atoms with van der Waals surface area (Å²) >= 11 is 5.90. The van der Waals surface area contributed by atoms with Crippen molar-refractivity contribution in [2.75, 3.05) is 12.4 Å². The number of carbonyl (C=O) groups excluding carboxylic acids is 2. The van der Waals surface area contributed by atoms with Crippen LogP contribution in [0.25, 0.3) is 0 Å². The number of carbonyl (C=O) groups is 2. The minimum Gasteiger partial charge on any atom is -0.467 e. The maximum absolute atomic E-state index is 12.7. The largest absolute Gasteiger partial charge is 0.467 e. The molecular weight excluding hydrogens is 320 g/mol. The number of likely N-dealkylation sites (N-methyl/N-ethyl adjacent to an activating group) is 1. The summed E-state index contributed by atoms with van der Waals surface area (Å²) in [5.74, 6) is 0.0136. The van der Waals surface area contributed by atoms with Crippen LogP contribution in [0.15, 0.2) is 41.0 Å². The smallest absolute Gasteiger partial charge is 0.278 e. The monoisotopic (exact) mass is 334 g/mol. The summed E-state index contributed by atoms with van der Waals surface area (Å²) in [6.07, 6.45) is 1.53. The van der Waals surface area contributed by atoms with E-state index in [4.69, 9.17) is 20.8 Å². The Balaban J connectivity index is 1.84. The number of hydrogen-bond acceptors (Lipinski definition) is 4. The third-order valence-electron chi connectivity index (χ3n) is 3.67. The maximum atomic E-state index is 12.7. The highest BCUT2D eigenvalue weighted by molar-refractivity contribution is 6.31. The number of nitrogens with zero attached hydrogens (tertiary/aromatic N) is 1. The molecule has 0 bridgehead atoms. The lowest BCUT2D eigenvalue weighted by Gasteiger charge is -2.35. The van der Waals surface area contributed by atoms with Crippen LogP contribution >= 0.6 is 11.6 Å². The standard InChI is InChI=1S/C16H15ClN2O4/c1-16(15(21)19(2)9-11-4-3-7-22-11)14(20)18-12-8-10(17)5-6-13(12)23-16/h3-8H,9H2,1-2H3,(H,18,20). The number of hydrogen-bond donors (Lipinski definition) is 1. The molecule has 120 valence electrons. The first kappa shape index (κ1) is 15.4. The van der Waals surface area contributed by atoms with E-state index in [-0.39, 0.29) is 6.54 Å². The zero-order valence-electron chi connectivity index (χ0n) is 12.6. The first-order valence-electron chi connectivity index (χ1n) is 6.98. The normalized spacial score (nSPS) is 19.5. The van der Waals surface area contributed by atoms with Gasteiger partial charge in [0.25, 0.3) is 17.4 Å². The highest BCUT2D eigenvalue weighted by atomic mass is 35.5. The second kappa shape index (κ2) is 5.62. The molecule has 0 radical (unpaired) electrons. The molecule has 7 heteroatoms. The van der Waals surface area contributed by atoms with E-state index in [0.29, 0.717) is 22.2 Å². The second-order valence-electron chi connectivity index (χ2n) is 5.47. The molecule has 23 heavy (non-hydrogen) atoms. The summed E-state index contributed by atoms with van der Waals surface area (Å²) in [6, 6.07) is 8.32. The zero-order chi connectivity index (χ0) is 16.6. The van der Waals surface area contributed by atoms with Crippen molar-refractivity contribution in [3.05, 3.63) is 47.4 Å². The fourth-order valence-electron chi connectivity index (χ4n) is 2.41. The minimum absolute atomic E-state index is 0.242. The highest BCUT2D eigenvalue weighted by Gasteiger charge is 2.48. The van der Waals surface area contributed by atoms with Crippen molar-refractivity contribution < 1.29 is 18.7 Å². The topological polar surface area (TPSA) is 71.8 Å². The molecule has 1 aromatic carbocycles. The van der Waals surface area contributed by atoms with Gasteiger partial charge in [-0.3, -0.25) is 9.59 Å². The fraction of sp³-hybridized carbons (Fsp3) is 0.250. The fourth-order valence-corrected chi connectivity index (χ4v) is 2.58. The van der Waals surface area contributed by atoms with Gasteiger partial charge in [-0.25, -0.2) is 0 Å². The first-order chi connectivity index (χ1) is 10.9. The Morgan fingerprint density at radius 2 is 2.17 bits per heavy atom. The van der Waals surface area contributed by atoms with Crippen molar-refractivity contribution in [3.63, 3.8) is 0 Å². The van der Waals surface area contributed by atoms with Crippen LogP contribution in [0.2, 0.25) is 5.02 Å². The van der Waals surface area contributed by atoms with Crippen LogP contribution in [0.1, 0.15) is 12.7 Å². The van der Waals surface area contributed by atoms with Crippen molar-refractivity contribution in [1.29, 1.82) is 0 Å². The van der Waals surface area contributed by atoms with E-state index in [1.54, 1.807) is 37.4 Å². The molecule has 1 N–H and O–H groups in total. The first-order valence-corrected chi connectivity index (χ1v) is 7.36. The minimum atomic E-state index is -1.65. The number of benzene rings is 1. The Labute approximate surface area is 138 Å². The molecule has 3 rings (SSSR count). The van der Waals surface area contributed by atoms with Gasteiger partial charge in [0.2, 0.25) is 0 Å². The van der Waals surface area contributed by atoms with Crippen molar-refractivity contribution in [2.24, 2.45) is 0 Å². The summed E-state index contributed by atoms with van der Waals surface area (Å²) < 4.78 is 10.9. The number of furan rings is 1. The molecule has 1 aliphatic heterocycles. The van der Waals surface area contributed by atoms with Crippen LogP contribution in [0.3, 0.4) is 0 Å². The van der Waals surface area contributed by atoms with E-state index in [1.165, 1.54) is 18.1 Å². The number of amides is 2. The van der Waals surface area contributed by atoms with Crippen LogP contribution in [-0.2, 0) is 16.1 Å². The van der Waals surface area contributed by atoms with Crippen molar-refractivity contribution in [3.8, 4) is 5.75 Å². The molecule has 0 fully saturated rings. The molecule has 2 aromatic rings. The predicted molar refractivity (Wildman–Crippen MR) is 84.3 cm³/mol. The molecule has 1 atom stereocenters. The molecule has 0 saturated heterocycles. The molecule has 1 aromatic heterocycles. The third kappa shape index (κ3) is 2.77. The van der Waals surface area contributed by atoms with E-state index >= 15 is 0 Å². The quantitative estimate of drug-likeness (QED) is 0.876. The number of anilines is 1. The molecule has 1 unspecified atom stereocenters. The number of halogens is 1. The van der Waals surface area contributed by atoms with Gasteiger partial charge in [0.1, 0.15) is 11.5 Å². The average Bonchev–Trinajstić information content (AvgIpc) is 3.01. The van der Waals surface area contributed by atoms with Gasteiger partial charge in [0.15, 0.2) is 0 Å². The molecule has 2 heterocycles. The SMILES string of the molecule is CN(Cc1ccco1)C(=O)C1(C)Oc2ccc(Cl)cc2NC1=O. The van der Waals surface area contributed by atoms with Crippen LogP contribution in [0, 0.1) is 0 Å². The summed E-state index contributed by atoms with van der Waals surface area (Å²) in [5.41, 5.74) is -1.20. The van der Waals surface area contributed by atoms with E-state index in [9.17, 15) is 9.59 Å². The molecule has 2 amide bonds. The van der Waals surface area contributed by atoms with Crippen LogP contribution < -0.4 is 10.1 Å². The van der Waals surface area contributed by atoms with Gasteiger partial charge in [-0.2, -0.15) is 0 Å². The summed E-state index contributed by atoms with van der Waals surface area (Å²) in [5, 5.41) is 3.14. The summed E-state index contributed by atoms with van der Waals surface area (Å²) in [4.78, 5) is 26.5. The van der Waals surface area contributed by atoms with Crippen molar-refractivity contribution in [1.82, 2.24) is 4.90 Å². The molecular formula is C16H15ClN2O4. The van der Waals surface area contributed by atoms with Crippen LogP contribution in [-0.4, -0.2) is 29.4 Å². The third-order valence-corrected chi connectivity index (χ3v) is 3.90. The number of nitrogens with one attached hydrogen (secondary N) is 1. The molecule has 6 nitrogen and oxygen atoms in total. The van der Waals surface area contributed by atoms with Gasteiger partial charge in [0, 0.05) is 12.1 Å². The van der Waals surface area contributed by atoms with Crippen molar-refractivity contribution >= 4 is 29.1 Å². The van der Waals surface area contributed by atoms with E-state index in [2.05, 4.69) is 5.32 Å². The van der Waals surface area contributed by atoms with Crippen LogP contribution in [0.4, 0.5) is 5.69 Å². The Bertz CT molecular complexity index is 759. The zero-order valence-corrected chi connectivity index (χ0v) is 13.4. The number of ether oxygens (including phenoxy) is 1. The molecule has 0 saturated carbocycles. The van der Waals surface area contributed by atoms with E-state index in [0.717, 1.165) is 0 Å². The maximum Gasteiger partial charge on any atom is 0.278 e. The van der Waals surface area contributed by atoms with Gasteiger partial charge < -0.3 is 19.4 Å². The van der Waals surface area contributed by atoms with E-state index < -0.39 is 17.4 Å². The van der Waals surface area contributed by atoms with Gasteiger partial charge in [-0.1, -0.05) is 11.6 Å². The lowest BCUT2D eigenvalue weighted by Crippen LogP contribution is -2.58. The lowest BCUT2D eigenvalue weighted by molar-refractivity contribution is -0.154. The van der Waals surface area contributed by atoms with Gasteiger partial charge in [-0.15, -0.1) is 0 Å². The highest BCUT2D eigenvalue weighted by Crippen LogP contribution is 2.36. The Morgan fingerprint density at radius 3 is 2.87 bits per heavy atom. The van der Waals surface area contributed by atoms with Crippen LogP contribution in [0.5, 0.6) is 5.75 Å². The van der Waals surface area contributed by atoms with Gasteiger partial charge in [-0.05, 0) is 37.3 Å². The van der Waals surface area contributed by atoms with Crippen molar-refractivity contribution in [2.45, 2.75) is 19.1 Å². The van der Waals surface area contributed by atoms with Gasteiger partial charge >= 0.3 is 0 Å².